The first-order valence-electron chi connectivity index (χ1n) is 5.97. The number of carbonyl (C=O) groups excluding carboxylic acids is 1. The van der Waals surface area contributed by atoms with Crippen molar-refractivity contribution < 1.29 is 9.90 Å². The van der Waals surface area contributed by atoms with Crippen LogP contribution in [0.1, 0.15) is 40.5 Å². The number of rotatable bonds is 7. The fourth-order valence-electron chi connectivity index (χ4n) is 1.18. The Balaban J connectivity index is 3.45. The summed E-state index contributed by atoms with van der Waals surface area (Å²) in [5, 5.41) is 14.8. The zero-order valence-corrected chi connectivity index (χ0v) is 11.0. The third-order valence-corrected chi connectivity index (χ3v) is 2.29. The van der Waals surface area contributed by atoms with Crippen molar-refractivity contribution >= 4 is 5.91 Å². The van der Waals surface area contributed by atoms with Crippen LogP contribution in [0, 0.1) is 5.92 Å². The summed E-state index contributed by atoms with van der Waals surface area (Å²) in [5.41, 5.74) is -0.0251. The van der Waals surface area contributed by atoms with Crippen molar-refractivity contribution in [3.63, 3.8) is 0 Å². The van der Waals surface area contributed by atoms with Gasteiger partial charge < -0.3 is 15.7 Å². The summed E-state index contributed by atoms with van der Waals surface area (Å²) in [4.78, 5) is 11.4. The number of carbonyl (C=O) groups is 1. The third kappa shape index (κ3) is 9.93. The molecule has 0 saturated carbocycles. The molecule has 0 aliphatic rings. The van der Waals surface area contributed by atoms with Crippen LogP contribution in [-0.2, 0) is 4.79 Å². The highest BCUT2D eigenvalue weighted by Crippen LogP contribution is 2.02. The molecule has 0 bridgehead atoms. The Bertz CT molecular complexity index is 200. The minimum absolute atomic E-state index is 0.0251. The summed E-state index contributed by atoms with van der Waals surface area (Å²) < 4.78 is 0. The van der Waals surface area contributed by atoms with Gasteiger partial charge in [0.1, 0.15) is 0 Å². The number of aliphatic hydroxyl groups excluding tert-OH is 1. The molecule has 0 aliphatic carbocycles. The topological polar surface area (TPSA) is 61.4 Å². The van der Waals surface area contributed by atoms with E-state index in [2.05, 4.69) is 10.6 Å². The van der Waals surface area contributed by atoms with Crippen LogP contribution < -0.4 is 10.6 Å². The van der Waals surface area contributed by atoms with E-state index >= 15 is 0 Å². The zero-order chi connectivity index (χ0) is 12.6. The molecule has 16 heavy (non-hydrogen) atoms. The van der Waals surface area contributed by atoms with Gasteiger partial charge in [0.2, 0.25) is 5.91 Å². The first-order chi connectivity index (χ1) is 7.35. The fourth-order valence-corrected chi connectivity index (χ4v) is 1.18. The van der Waals surface area contributed by atoms with E-state index in [1.54, 1.807) is 0 Å². The fraction of sp³-hybridized carbons (Fsp3) is 0.917. The van der Waals surface area contributed by atoms with Crippen molar-refractivity contribution in [3.8, 4) is 0 Å². The van der Waals surface area contributed by atoms with E-state index in [0.717, 1.165) is 12.8 Å². The lowest BCUT2D eigenvalue weighted by molar-refractivity contribution is -0.120. The van der Waals surface area contributed by atoms with Crippen molar-refractivity contribution in [3.05, 3.63) is 0 Å². The number of hydrogen-bond donors (Lipinski definition) is 3. The summed E-state index contributed by atoms with van der Waals surface area (Å²) in [6.07, 6.45) is 1.87. The van der Waals surface area contributed by atoms with E-state index in [9.17, 15) is 4.79 Å². The van der Waals surface area contributed by atoms with E-state index in [0.29, 0.717) is 19.0 Å². The Morgan fingerprint density at radius 1 is 1.38 bits per heavy atom. The van der Waals surface area contributed by atoms with Crippen molar-refractivity contribution in [1.82, 2.24) is 10.6 Å². The van der Waals surface area contributed by atoms with Crippen LogP contribution >= 0.6 is 0 Å². The second-order valence-electron chi connectivity index (χ2n) is 5.38. The molecule has 0 saturated heterocycles. The van der Waals surface area contributed by atoms with Gasteiger partial charge in [-0.1, -0.05) is 6.92 Å². The molecule has 0 fully saturated rings. The molecule has 0 rings (SSSR count). The molecule has 4 heteroatoms. The Labute approximate surface area is 98.8 Å². The van der Waals surface area contributed by atoms with Gasteiger partial charge in [0, 0.05) is 18.7 Å². The molecule has 0 aromatic rings. The highest BCUT2D eigenvalue weighted by Gasteiger charge is 2.10. The second-order valence-corrected chi connectivity index (χ2v) is 5.38. The van der Waals surface area contributed by atoms with Crippen LogP contribution in [0.2, 0.25) is 0 Å². The molecule has 4 nitrogen and oxygen atoms in total. The van der Waals surface area contributed by atoms with Crippen LogP contribution in [0.5, 0.6) is 0 Å². The molecule has 0 spiro atoms. The van der Waals surface area contributed by atoms with Gasteiger partial charge in [-0.2, -0.15) is 0 Å². The monoisotopic (exact) mass is 230 g/mol. The molecule has 1 unspecified atom stereocenters. The average molecular weight is 230 g/mol. The molecule has 0 aromatic heterocycles. The Hall–Kier alpha value is -0.610. The molecular weight excluding hydrogens is 204 g/mol. The Kier molecular flexibility index (Phi) is 7.34. The van der Waals surface area contributed by atoms with Gasteiger partial charge in [-0.25, -0.2) is 0 Å². The van der Waals surface area contributed by atoms with E-state index in [1.165, 1.54) is 0 Å². The van der Waals surface area contributed by atoms with E-state index in [-0.39, 0.29) is 18.1 Å². The summed E-state index contributed by atoms with van der Waals surface area (Å²) in [6.45, 7) is 9.37. The maximum atomic E-state index is 11.4. The predicted molar refractivity (Wildman–Crippen MR) is 66.2 cm³/mol. The van der Waals surface area contributed by atoms with E-state index in [1.807, 2.05) is 27.7 Å². The highest BCUT2D eigenvalue weighted by atomic mass is 16.3. The first kappa shape index (κ1) is 15.4. The maximum absolute atomic E-state index is 11.4. The van der Waals surface area contributed by atoms with Crippen LogP contribution in [0.3, 0.4) is 0 Å². The normalized spacial score (nSPS) is 13.6. The molecule has 3 N–H and O–H groups in total. The van der Waals surface area contributed by atoms with Crippen LogP contribution in [0.15, 0.2) is 0 Å². The predicted octanol–water partition coefficient (Wildman–Crippen LogP) is 0.899. The minimum atomic E-state index is -0.0251. The van der Waals surface area contributed by atoms with Gasteiger partial charge in [-0.15, -0.1) is 0 Å². The van der Waals surface area contributed by atoms with Crippen LogP contribution in [0.25, 0.3) is 0 Å². The Morgan fingerprint density at radius 2 is 2.00 bits per heavy atom. The van der Waals surface area contributed by atoms with Crippen LogP contribution in [-0.4, -0.2) is 36.2 Å². The molecular formula is C12H26N2O2. The molecule has 0 aromatic carbocycles. The summed E-state index contributed by atoms with van der Waals surface area (Å²) in [6, 6.07) is 0. The average Bonchev–Trinajstić information content (AvgIpc) is 2.20. The highest BCUT2D eigenvalue weighted by molar-refractivity contribution is 5.78. The van der Waals surface area contributed by atoms with Gasteiger partial charge in [0.05, 0.1) is 6.54 Å². The molecule has 0 heterocycles. The molecule has 0 aliphatic heterocycles. The summed E-state index contributed by atoms with van der Waals surface area (Å²) >= 11 is 0. The quantitative estimate of drug-likeness (QED) is 0.569. The summed E-state index contributed by atoms with van der Waals surface area (Å²) in [7, 11) is 0. The SMILES string of the molecule is CC(CO)CCCNC(=O)CNC(C)(C)C. The van der Waals surface area contributed by atoms with E-state index in [4.69, 9.17) is 5.11 Å². The Morgan fingerprint density at radius 3 is 2.50 bits per heavy atom. The zero-order valence-electron chi connectivity index (χ0n) is 11.0. The van der Waals surface area contributed by atoms with E-state index < -0.39 is 0 Å². The third-order valence-electron chi connectivity index (χ3n) is 2.29. The van der Waals surface area contributed by atoms with Gasteiger partial charge >= 0.3 is 0 Å². The van der Waals surface area contributed by atoms with Gasteiger partial charge in [-0.05, 0) is 39.5 Å². The molecule has 0 radical (unpaired) electrons. The number of aliphatic hydroxyl groups is 1. The maximum Gasteiger partial charge on any atom is 0.233 e. The van der Waals surface area contributed by atoms with Crippen LogP contribution in [0.4, 0.5) is 0 Å². The number of nitrogens with one attached hydrogen (secondary N) is 2. The van der Waals surface area contributed by atoms with Crippen molar-refractivity contribution in [1.29, 1.82) is 0 Å². The standard InChI is InChI=1S/C12H26N2O2/c1-10(9-15)6-5-7-13-11(16)8-14-12(2,3)4/h10,14-15H,5-9H2,1-4H3,(H,13,16). The molecule has 96 valence electrons. The number of amides is 1. The lowest BCUT2D eigenvalue weighted by atomic mass is 10.1. The molecule has 1 atom stereocenters. The minimum Gasteiger partial charge on any atom is -0.396 e. The summed E-state index contributed by atoms with van der Waals surface area (Å²) in [5.74, 6) is 0.358. The van der Waals surface area contributed by atoms with Crippen molar-refractivity contribution in [2.24, 2.45) is 5.92 Å². The lowest BCUT2D eigenvalue weighted by Crippen LogP contribution is -2.43. The van der Waals surface area contributed by atoms with Crippen molar-refractivity contribution in [2.75, 3.05) is 19.7 Å². The van der Waals surface area contributed by atoms with Crippen molar-refractivity contribution in [2.45, 2.75) is 46.1 Å². The lowest BCUT2D eigenvalue weighted by Gasteiger charge is -2.20. The van der Waals surface area contributed by atoms with Gasteiger partial charge in [0.15, 0.2) is 0 Å². The second kappa shape index (κ2) is 7.63. The largest absolute Gasteiger partial charge is 0.396 e. The van der Waals surface area contributed by atoms with Gasteiger partial charge in [0.25, 0.3) is 0 Å². The smallest absolute Gasteiger partial charge is 0.233 e. The van der Waals surface area contributed by atoms with Gasteiger partial charge in [-0.3, -0.25) is 4.79 Å². The number of hydrogen-bond acceptors (Lipinski definition) is 3. The first-order valence-corrected chi connectivity index (χ1v) is 5.97. The molecule has 1 amide bonds.